The van der Waals surface area contributed by atoms with Gasteiger partial charge in [-0.25, -0.2) is 0 Å². The van der Waals surface area contributed by atoms with Crippen LogP contribution in [-0.2, 0) is 16.0 Å². The largest absolute Gasteiger partial charge is 0.467 e. The van der Waals surface area contributed by atoms with Gasteiger partial charge in [0, 0.05) is 46.2 Å². The van der Waals surface area contributed by atoms with E-state index >= 15 is 0 Å². The molecular weight excluding hydrogens is 322 g/mol. The third kappa shape index (κ3) is 5.58. The first-order valence-electron chi connectivity index (χ1n) is 8.12. The predicted molar refractivity (Wildman–Crippen MR) is 94.7 cm³/mol. The van der Waals surface area contributed by atoms with E-state index in [1.807, 2.05) is 24.1 Å². The van der Waals surface area contributed by atoms with Gasteiger partial charge < -0.3 is 23.7 Å². The van der Waals surface area contributed by atoms with E-state index in [-0.39, 0.29) is 5.91 Å². The molecule has 0 spiro atoms. The van der Waals surface area contributed by atoms with Crippen LogP contribution >= 0.6 is 0 Å². The summed E-state index contributed by atoms with van der Waals surface area (Å²) in [5, 5.41) is 0. The minimum Gasteiger partial charge on any atom is -0.467 e. The molecule has 25 heavy (non-hydrogen) atoms. The molecule has 0 fully saturated rings. The summed E-state index contributed by atoms with van der Waals surface area (Å²) in [5.74, 6) is 0.563. The highest BCUT2D eigenvalue weighted by Gasteiger charge is 2.19. The lowest BCUT2D eigenvalue weighted by Gasteiger charge is -2.22. The molecule has 0 unspecified atom stereocenters. The minimum atomic E-state index is -0.157. The molecule has 0 bridgehead atoms. The van der Waals surface area contributed by atoms with Crippen molar-refractivity contribution in [1.29, 1.82) is 0 Å². The molecule has 2 aromatic rings. The smallest absolute Gasteiger partial charge is 0.273 e. The lowest BCUT2D eigenvalue weighted by atomic mass is 10.2. The molecule has 0 saturated heterocycles. The maximum absolute atomic E-state index is 12.9. The Balaban J connectivity index is 2.14. The van der Waals surface area contributed by atoms with Gasteiger partial charge in [0.05, 0.1) is 26.0 Å². The number of nitrogens with zero attached hydrogens (tertiary/aromatic N) is 3. The van der Waals surface area contributed by atoms with Crippen LogP contribution in [0.4, 0.5) is 5.69 Å². The Morgan fingerprint density at radius 1 is 1.20 bits per heavy atom. The van der Waals surface area contributed by atoms with Gasteiger partial charge in [0.1, 0.15) is 11.5 Å². The fourth-order valence-corrected chi connectivity index (χ4v) is 2.34. The van der Waals surface area contributed by atoms with Crippen molar-refractivity contribution in [3.05, 3.63) is 48.2 Å². The first-order valence-corrected chi connectivity index (χ1v) is 8.12. The number of furan rings is 1. The summed E-state index contributed by atoms with van der Waals surface area (Å²) in [6.07, 6.45) is 3.24. The van der Waals surface area contributed by atoms with Crippen molar-refractivity contribution in [2.24, 2.45) is 0 Å². The van der Waals surface area contributed by atoms with Crippen LogP contribution in [0.2, 0.25) is 0 Å². The second-order valence-corrected chi connectivity index (χ2v) is 5.61. The number of carbonyl (C=O) groups excluding carboxylic acids is 1. The maximum atomic E-state index is 12.9. The minimum absolute atomic E-state index is 0.157. The van der Waals surface area contributed by atoms with Gasteiger partial charge in [-0.05, 0) is 24.3 Å². The van der Waals surface area contributed by atoms with E-state index in [0.29, 0.717) is 32.0 Å². The quantitative estimate of drug-likeness (QED) is 0.655. The topological polar surface area (TPSA) is 68.0 Å². The van der Waals surface area contributed by atoms with Crippen LogP contribution in [0.15, 0.2) is 41.1 Å². The van der Waals surface area contributed by atoms with Crippen molar-refractivity contribution in [2.45, 2.75) is 6.54 Å². The van der Waals surface area contributed by atoms with Gasteiger partial charge in [-0.15, -0.1) is 0 Å². The van der Waals surface area contributed by atoms with Crippen LogP contribution in [0.3, 0.4) is 0 Å². The molecule has 0 aliphatic rings. The zero-order valence-corrected chi connectivity index (χ0v) is 15.0. The molecule has 0 aromatic carbocycles. The molecule has 0 aliphatic heterocycles. The zero-order chi connectivity index (χ0) is 18.1. The summed E-state index contributed by atoms with van der Waals surface area (Å²) < 4.78 is 15.6. The first-order chi connectivity index (χ1) is 12.2. The Kier molecular flexibility index (Phi) is 7.43. The summed E-state index contributed by atoms with van der Waals surface area (Å²) in [5.41, 5.74) is 1.31. The highest BCUT2D eigenvalue weighted by atomic mass is 16.5. The number of carbonyl (C=O) groups is 1. The number of pyridine rings is 1. The Labute approximate surface area is 148 Å². The number of likely N-dealkylation sites (N-methyl/N-ethyl adjacent to an activating group) is 1. The van der Waals surface area contributed by atoms with E-state index in [2.05, 4.69) is 4.98 Å². The molecule has 2 rings (SSSR count). The van der Waals surface area contributed by atoms with Gasteiger partial charge in [0.2, 0.25) is 0 Å². The number of methoxy groups -OCH3 is 2. The van der Waals surface area contributed by atoms with E-state index < -0.39 is 0 Å². The highest BCUT2D eigenvalue weighted by Crippen LogP contribution is 2.15. The van der Waals surface area contributed by atoms with Crippen LogP contribution in [0.5, 0.6) is 0 Å². The third-order valence-electron chi connectivity index (χ3n) is 3.81. The van der Waals surface area contributed by atoms with Crippen molar-refractivity contribution in [3.63, 3.8) is 0 Å². The summed E-state index contributed by atoms with van der Waals surface area (Å²) in [4.78, 5) is 20.8. The third-order valence-corrected chi connectivity index (χ3v) is 3.81. The lowest BCUT2D eigenvalue weighted by Crippen LogP contribution is -2.34. The molecule has 0 radical (unpaired) electrons. The van der Waals surface area contributed by atoms with Crippen molar-refractivity contribution in [2.75, 3.05) is 52.5 Å². The van der Waals surface area contributed by atoms with Crippen LogP contribution in [-0.4, -0.2) is 63.4 Å². The average molecular weight is 347 g/mol. The molecule has 0 aliphatic carbocycles. The fraction of sp³-hybridized carbons (Fsp3) is 0.444. The molecule has 2 aromatic heterocycles. The second-order valence-electron chi connectivity index (χ2n) is 5.61. The second kappa shape index (κ2) is 9.80. The number of aromatic nitrogens is 1. The molecule has 136 valence electrons. The first kappa shape index (κ1) is 19.0. The number of hydrogen-bond acceptors (Lipinski definition) is 6. The number of hydrogen-bond donors (Lipinski definition) is 0. The summed E-state index contributed by atoms with van der Waals surface area (Å²) in [7, 11) is 5.23. The molecule has 2 heterocycles. The van der Waals surface area contributed by atoms with Gasteiger partial charge >= 0.3 is 0 Å². The standard InChI is InChI=1S/C18H25N3O4/c1-20(8-11-23-2)15-6-7-19-17(13-15)18(22)21(9-12-24-3)14-16-5-4-10-25-16/h4-7,10,13H,8-9,11-12,14H2,1-3H3. The normalized spacial score (nSPS) is 10.7. The molecule has 0 atom stereocenters. The molecule has 7 nitrogen and oxygen atoms in total. The van der Waals surface area contributed by atoms with E-state index in [9.17, 15) is 4.79 Å². The number of rotatable bonds is 10. The van der Waals surface area contributed by atoms with Crippen molar-refractivity contribution in [1.82, 2.24) is 9.88 Å². The molecule has 0 saturated carbocycles. The summed E-state index contributed by atoms with van der Waals surface area (Å²) >= 11 is 0. The Morgan fingerprint density at radius 3 is 2.64 bits per heavy atom. The molecule has 7 heteroatoms. The predicted octanol–water partition coefficient (Wildman–Crippen LogP) is 2.05. The van der Waals surface area contributed by atoms with E-state index in [4.69, 9.17) is 13.9 Å². The molecule has 0 N–H and O–H groups in total. The van der Waals surface area contributed by atoms with Crippen molar-refractivity contribution in [3.8, 4) is 0 Å². The number of amides is 1. The molecule has 1 amide bonds. The molecular formula is C18H25N3O4. The van der Waals surface area contributed by atoms with Crippen LogP contribution in [0.1, 0.15) is 16.2 Å². The number of anilines is 1. The van der Waals surface area contributed by atoms with Crippen LogP contribution < -0.4 is 4.90 Å². The van der Waals surface area contributed by atoms with Crippen molar-refractivity contribution >= 4 is 11.6 Å². The van der Waals surface area contributed by atoms with Gasteiger partial charge in [0.15, 0.2) is 0 Å². The van der Waals surface area contributed by atoms with Gasteiger partial charge in [-0.1, -0.05) is 0 Å². The SMILES string of the molecule is COCCN(Cc1ccco1)C(=O)c1cc(N(C)CCOC)ccn1. The Morgan fingerprint density at radius 2 is 1.96 bits per heavy atom. The van der Waals surface area contributed by atoms with Crippen LogP contribution in [0.25, 0.3) is 0 Å². The van der Waals surface area contributed by atoms with Crippen molar-refractivity contribution < 1.29 is 18.7 Å². The number of ether oxygens (including phenoxy) is 2. The summed E-state index contributed by atoms with van der Waals surface area (Å²) in [6.45, 7) is 2.62. The van der Waals surface area contributed by atoms with Gasteiger partial charge in [-0.3, -0.25) is 9.78 Å². The lowest BCUT2D eigenvalue weighted by molar-refractivity contribution is 0.0661. The Bertz CT molecular complexity index is 646. The van der Waals surface area contributed by atoms with E-state index in [0.717, 1.165) is 18.0 Å². The average Bonchev–Trinajstić information content (AvgIpc) is 3.15. The zero-order valence-electron chi connectivity index (χ0n) is 15.0. The van der Waals surface area contributed by atoms with Gasteiger partial charge in [-0.2, -0.15) is 0 Å². The van der Waals surface area contributed by atoms with Crippen LogP contribution in [0, 0.1) is 0 Å². The van der Waals surface area contributed by atoms with E-state index in [1.54, 1.807) is 43.7 Å². The van der Waals surface area contributed by atoms with Gasteiger partial charge in [0.25, 0.3) is 5.91 Å². The highest BCUT2D eigenvalue weighted by molar-refractivity contribution is 5.93. The Hall–Kier alpha value is -2.38. The monoisotopic (exact) mass is 347 g/mol. The maximum Gasteiger partial charge on any atom is 0.273 e. The fourth-order valence-electron chi connectivity index (χ4n) is 2.34. The summed E-state index contributed by atoms with van der Waals surface area (Å²) in [6, 6.07) is 7.31. The van der Waals surface area contributed by atoms with E-state index in [1.165, 1.54) is 0 Å².